The predicted molar refractivity (Wildman–Crippen MR) is 73.3 cm³/mol. The Hall–Kier alpha value is -1.47. The van der Waals surface area contributed by atoms with Crippen molar-refractivity contribution in [2.45, 2.75) is 26.3 Å². The molecule has 7 heteroatoms. The summed E-state index contributed by atoms with van der Waals surface area (Å²) in [5.41, 5.74) is 2.48. The van der Waals surface area contributed by atoms with Gasteiger partial charge in [0.1, 0.15) is 0 Å². The lowest BCUT2D eigenvalue weighted by atomic mass is 10.1. The van der Waals surface area contributed by atoms with Crippen LogP contribution in [0.25, 0.3) is 0 Å². The van der Waals surface area contributed by atoms with E-state index in [1.807, 2.05) is 4.90 Å². The highest BCUT2D eigenvalue weighted by Gasteiger charge is 2.27. The molecule has 0 bridgehead atoms. The maximum Gasteiger partial charge on any atom is 0.239 e. The molecule has 0 unspecified atom stereocenters. The van der Waals surface area contributed by atoms with Crippen LogP contribution >= 0.6 is 0 Å². The van der Waals surface area contributed by atoms with E-state index in [0.29, 0.717) is 5.82 Å². The molecule has 0 amide bonds. The average Bonchev–Trinajstić information content (AvgIpc) is 2.38. The number of aromatic nitrogens is 2. The van der Waals surface area contributed by atoms with Gasteiger partial charge in [0.25, 0.3) is 0 Å². The number of hydrogen-bond acceptors (Lipinski definition) is 6. The summed E-state index contributed by atoms with van der Waals surface area (Å²) in [6, 6.07) is 0. The molecule has 1 aromatic heterocycles. The number of nitrogens with one attached hydrogen (secondary N) is 1. The van der Waals surface area contributed by atoms with Crippen molar-refractivity contribution in [2.24, 2.45) is 5.84 Å². The van der Waals surface area contributed by atoms with Crippen molar-refractivity contribution in [2.75, 3.05) is 36.5 Å². The fourth-order valence-corrected chi connectivity index (χ4v) is 2.24. The normalized spacial score (nSPS) is 17.6. The summed E-state index contributed by atoms with van der Waals surface area (Å²) in [5.74, 6) is 5.39. The minimum atomic E-state index is -0.414. The Morgan fingerprint density at radius 1 is 1.26 bits per heavy atom. The molecule has 1 aliphatic rings. The third kappa shape index (κ3) is 3.10. The molecule has 0 radical (unpaired) electrons. The van der Waals surface area contributed by atoms with Gasteiger partial charge in [0, 0.05) is 31.7 Å². The van der Waals surface area contributed by atoms with Gasteiger partial charge in [-0.3, -0.25) is 10.3 Å². The van der Waals surface area contributed by atoms with E-state index in [2.05, 4.69) is 41.1 Å². The second kappa shape index (κ2) is 5.26. The van der Waals surface area contributed by atoms with Crippen molar-refractivity contribution in [1.82, 2.24) is 14.9 Å². The summed E-state index contributed by atoms with van der Waals surface area (Å²) >= 11 is 0. The minimum Gasteiger partial charge on any atom is -0.351 e. The minimum absolute atomic E-state index is 0.139. The van der Waals surface area contributed by atoms with Crippen LogP contribution in [0.4, 0.5) is 16.2 Å². The maximum absolute atomic E-state index is 13.8. The molecule has 0 atom stereocenters. The quantitative estimate of drug-likeness (QED) is 0.611. The Balaban J connectivity index is 2.09. The fraction of sp³-hybridized carbons (Fsp3) is 0.667. The summed E-state index contributed by atoms with van der Waals surface area (Å²) in [7, 11) is 0. The Bertz CT molecular complexity index is 436. The molecule has 6 nitrogen and oxygen atoms in total. The van der Waals surface area contributed by atoms with E-state index in [1.54, 1.807) is 0 Å². The van der Waals surface area contributed by atoms with Crippen molar-refractivity contribution in [3.8, 4) is 0 Å². The SMILES string of the molecule is CC(C)(C)N1CCN(c2nc(NN)ncc2F)CC1. The number of hydrazine groups is 1. The first-order chi connectivity index (χ1) is 8.91. The zero-order valence-electron chi connectivity index (χ0n) is 11.6. The zero-order valence-corrected chi connectivity index (χ0v) is 11.6. The number of hydrogen-bond donors (Lipinski definition) is 2. The van der Waals surface area contributed by atoms with Gasteiger partial charge in [-0.25, -0.2) is 15.2 Å². The summed E-state index contributed by atoms with van der Waals surface area (Å²) in [6.45, 7) is 9.82. The van der Waals surface area contributed by atoms with Crippen LogP contribution in [0.5, 0.6) is 0 Å². The molecule has 0 aliphatic carbocycles. The molecule has 1 aromatic rings. The molecule has 1 fully saturated rings. The monoisotopic (exact) mass is 268 g/mol. The van der Waals surface area contributed by atoms with Gasteiger partial charge in [0.2, 0.25) is 5.95 Å². The Kier molecular flexibility index (Phi) is 3.86. The third-order valence-electron chi connectivity index (χ3n) is 3.38. The number of halogens is 1. The molecular weight excluding hydrogens is 247 g/mol. The van der Waals surface area contributed by atoms with E-state index in [1.165, 1.54) is 0 Å². The lowest BCUT2D eigenvalue weighted by Gasteiger charge is -2.42. The number of nitrogens with two attached hydrogens (primary N) is 1. The van der Waals surface area contributed by atoms with Gasteiger partial charge in [0.15, 0.2) is 11.6 Å². The van der Waals surface area contributed by atoms with Crippen LogP contribution in [0.1, 0.15) is 20.8 Å². The summed E-state index contributed by atoms with van der Waals surface area (Å²) in [6.07, 6.45) is 1.15. The Morgan fingerprint density at radius 2 is 1.89 bits per heavy atom. The van der Waals surface area contributed by atoms with Gasteiger partial charge in [0.05, 0.1) is 6.20 Å². The first-order valence-electron chi connectivity index (χ1n) is 6.41. The van der Waals surface area contributed by atoms with E-state index in [-0.39, 0.29) is 11.5 Å². The number of piperazine rings is 1. The van der Waals surface area contributed by atoms with Crippen molar-refractivity contribution in [1.29, 1.82) is 0 Å². The predicted octanol–water partition coefficient (Wildman–Crippen LogP) is 0.822. The third-order valence-corrected chi connectivity index (χ3v) is 3.38. The van der Waals surface area contributed by atoms with Crippen LogP contribution in [0, 0.1) is 5.82 Å². The van der Waals surface area contributed by atoms with Crippen LogP contribution in [0.2, 0.25) is 0 Å². The van der Waals surface area contributed by atoms with Crippen LogP contribution in [-0.4, -0.2) is 46.6 Å². The molecule has 3 N–H and O–H groups in total. The van der Waals surface area contributed by atoms with E-state index < -0.39 is 5.82 Å². The van der Waals surface area contributed by atoms with Crippen LogP contribution < -0.4 is 16.2 Å². The molecule has 2 rings (SSSR count). The van der Waals surface area contributed by atoms with Gasteiger partial charge in [-0.15, -0.1) is 0 Å². The van der Waals surface area contributed by atoms with Crippen molar-refractivity contribution in [3.63, 3.8) is 0 Å². The molecule has 0 saturated carbocycles. The van der Waals surface area contributed by atoms with Gasteiger partial charge < -0.3 is 4.90 Å². The largest absolute Gasteiger partial charge is 0.351 e. The topological polar surface area (TPSA) is 70.3 Å². The molecular formula is C12H21FN6. The lowest BCUT2D eigenvalue weighted by Crippen LogP contribution is -2.53. The highest BCUT2D eigenvalue weighted by Crippen LogP contribution is 2.21. The van der Waals surface area contributed by atoms with Gasteiger partial charge in [-0.05, 0) is 20.8 Å². The van der Waals surface area contributed by atoms with Crippen molar-refractivity contribution < 1.29 is 4.39 Å². The van der Waals surface area contributed by atoms with E-state index >= 15 is 0 Å². The molecule has 1 aliphatic heterocycles. The molecule has 1 saturated heterocycles. The van der Waals surface area contributed by atoms with Crippen LogP contribution in [-0.2, 0) is 0 Å². The smallest absolute Gasteiger partial charge is 0.239 e. The zero-order chi connectivity index (χ0) is 14.0. The summed E-state index contributed by atoms with van der Waals surface area (Å²) in [4.78, 5) is 12.1. The fourth-order valence-electron chi connectivity index (χ4n) is 2.24. The van der Waals surface area contributed by atoms with E-state index in [0.717, 1.165) is 32.4 Å². The molecule has 19 heavy (non-hydrogen) atoms. The molecule has 106 valence electrons. The molecule has 2 heterocycles. The Morgan fingerprint density at radius 3 is 2.42 bits per heavy atom. The van der Waals surface area contributed by atoms with Gasteiger partial charge in [-0.1, -0.05) is 0 Å². The highest BCUT2D eigenvalue weighted by atomic mass is 19.1. The second-order valence-electron chi connectivity index (χ2n) is 5.65. The van der Waals surface area contributed by atoms with Crippen molar-refractivity contribution >= 4 is 11.8 Å². The highest BCUT2D eigenvalue weighted by molar-refractivity contribution is 5.44. The number of nitrogen functional groups attached to an aromatic ring is 1. The number of rotatable bonds is 2. The van der Waals surface area contributed by atoms with Crippen LogP contribution in [0.15, 0.2) is 6.20 Å². The first kappa shape index (κ1) is 14.0. The first-order valence-corrected chi connectivity index (χ1v) is 6.41. The molecule has 0 aromatic carbocycles. The second-order valence-corrected chi connectivity index (χ2v) is 5.65. The van der Waals surface area contributed by atoms with Gasteiger partial charge in [-0.2, -0.15) is 4.98 Å². The van der Waals surface area contributed by atoms with Gasteiger partial charge >= 0.3 is 0 Å². The van der Waals surface area contributed by atoms with E-state index in [4.69, 9.17) is 5.84 Å². The van der Waals surface area contributed by atoms with E-state index in [9.17, 15) is 4.39 Å². The average molecular weight is 268 g/mol. The Labute approximate surface area is 112 Å². The molecule has 0 spiro atoms. The lowest BCUT2D eigenvalue weighted by molar-refractivity contribution is 0.128. The van der Waals surface area contributed by atoms with Crippen molar-refractivity contribution in [3.05, 3.63) is 12.0 Å². The number of anilines is 2. The van der Waals surface area contributed by atoms with Crippen LogP contribution in [0.3, 0.4) is 0 Å². The summed E-state index contributed by atoms with van der Waals surface area (Å²) < 4.78 is 13.8. The standard InChI is InChI=1S/C12H21FN6/c1-12(2,3)19-6-4-18(5-7-19)10-9(13)8-15-11(16-10)17-14/h8H,4-7,14H2,1-3H3,(H,15,16,17). The maximum atomic E-state index is 13.8. The summed E-state index contributed by atoms with van der Waals surface area (Å²) in [5, 5.41) is 0. The number of nitrogens with zero attached hydrogens (tertiary/aromatic N) is 4.